The summed E-state index contributed by atoms with van der Waals surface area (Å²) in [6.45, 7) is 4.76. The highest BCUT2D eigenvalue weighted by Gasteiger charge is 2.21. The minimum absolute atomic E-state index is 0.0422. The molecular weight excluding hydrogens is 286 g/mol. The van der Waals surface area contributed by atoms with E-state index >= 15 is 0 Å². The minimum atomic E-state index is -0.0422. The smallest absolute Gasteiger partial charge is 0.321 e. The number of rotatable bonds is 6. The van der Waals surface area contributed by atoms with Gasteiger partial charge in [-0.05, 0) is 44.0 Å². The van der Waals surface area contributed by atoms with E-state index in [1.54, 1.807) is 12.1 Å². The van der Waals surface area contributed by atoms with Crippen LogP contribution in [-0.2, 0) is 0 Å². The molecule has 2 amide bonds. The summed E-state index contributed by atoms with van der Waals surface area (Å²) in [5.41, 5.74) is 0.744. The van der Waals surface area contributed by atoms with Crippen LogP contribution < -0.4 is 10.6 Å². The Labute approximate surface area is 131 Å². The van der Waals surface area contributed by atoms with E-state index in [1.807, 2.05) is 17.0 Å². The Morgan fingerprint density at radius 1 is 1.52 bits per heavy atom. The second-order valence-electron chi connectivity index (χ2n) is 5.53. The molecule has 1 fully saturated rings. The van der Waals surface area contributed by atoms with Crippen LogP contribution in [0.15, 0.2) is 24.3 Å². The molecule has 0 spiro atoms. The lowest BCUT2D eigenvalue weighted by Gasteiger charge is -2.26. The summed E-state index contributed by atoms with van der Waals surface area (Å²) in [7, 11) is 0. The van der Waals surface area contributed by atoms with Gasteiger partial charge < -0.3 is 15.5 Å². The summed E-state index contributed by atoms with van der Waals surface area (Å²) in [5, 5.41) is 7.02. The fourth-order valence-electron chi connectivity index (χ4n) is 2.57. The normalized spacial score (nSPS) is 17.7. The van der Waals surface area contributed by atoms with Gasteiger partial charge in [-0.1, -0.05) is 31.0 Å². The molecule has 5 heteroatoms. The quantitative estimate of drug-likeness (QED) is 0.841. The Bertz CT molecular complexity index is 461. The number of anilines is 1. The Kier molecular flexibility index (Phi) is 6.33. The Morgan fingerprint density at radius 3 is 3.05 bits per heavy atom. The first-order chi connectivity index (χ1) is 10.2. The number of urea groups is 1. The number of carbonyl (C=O) groups is 1. The van der Waals surface area contributed by atoms with Gasteiger partial charge in [-0.2, -0.15) is 0 Å². The first kappa shape index (κ1) is 16.1. The second kappa shape index (κ2) is 8.25. The number of benzene rings is 1. The highest BCUT2D eigenvalue weighted by Crippen LogP contribution is 2.16. The van der Waals surface area contributed by atoms with Crippen molar-refractivity contribution in [2.75, 3.05) is 25.0 Å². The van der Waals surface area contributed by atoms with E-state index in [1.165, 1.54) is 6.42 Å². The number of halogens is 1. The SMILES string of the molecule is CCCCN(CC1CCCN1)C(=O)Nc1cccc(Cl)c1. The fraction of sp³-hybridized carbons (Fsp3) is 0.562. The van der Waals surface area contributed by atoms with Crippen molar-refractivity contribution in [1.82, 2.24) is 10.2 Å². The van der Waals surface area contributed by atoms with Gasteiger partial charge in [-0.3, -0.25) is 0 Å². The summed E-state index contributed by atoms with van der Waals surface area (Å²) in [5.74, 6) is 0. The molecule has 1 aliphatic rings. The van der Waals surface area contributed by atoms with Crippen LogP contribution in [0.2, 0.25) is 5.02 Å². The van der Waals surface area contributed by atoms with Gasteiger partial charge in [0.25, 0.3) is 0 Å². The van der Waals surface area contributed by atoms with Crippen molar-refractivity contribution in [1.29, 1.82) is 0 Å². The van der Waals surface area contributed by atoms with Crippen LogP contribution in [-0.4, -0.2) is 36.6 Å². The number of carbonyl (C=O) groups excluding carboxylic acids is 1. The zero-order chi connectivity index (χ0) is 15.1. The highest BCUT2D eigenvalue weighted by molar-refractivity contribution is 6.30. The summed E-state index contributed by atoms with van der Waals surface area (Å²) >= 11 is 5.95. The van der Waals surface area contributed by atoms with Gasteiger partial charge in [-0.25, -0.2) is 4.79 Å². The predicted molar refractivity (Wildman–Crippen MR) is 88.0 cm³/mol. The third kappa shape index (κ3) is 5.21. The van der Waals surface area contributed by atoms with Crippen molar-refractivity contribution < 1.29 is 4.79 Å². The lowest BCUT2D eigenvalue weighted by atomic mass is 10.2. The number of hydrogen-bond acceptors (Lipinski definition) is 2. The molecule has 2 N–H and O–H groups in total. The van der Waals surface area contributed by atoms with Crippen molar-refractivity contribution in [3.63, 3.8) is 0 Å². The zero-order valence-corrected chi connectivity index (χ0v) is 13.3. The van der Waals surface area contributed by atoms with Gasteiger partial charge in [0, 0.05) is 29.8 Å². The molecule has 4 nitrogen and oxygen atoms in total. The van der Waals surface area contributed by atoms with Gasteiger partial charge in [-0.15, -0.1) is 0 Å². The molecule has 0 bridgehead atoms. The molecule has 1 unspecified atom stereocenters. The summed E-state index contributed by atoms with van der Waals surface area (Å²) < 4.78 is 0. The number of hydrogen-bond donors (Lipinski definition) is 2. The van der Waals surface area contributed by atoms with Gasteiger partial charge in [0.05, 0.1) is 0 Å². The van der Waals surface area contributed by atoms with Crippen LogP contribution in [0.3, 0.4) is 0 Å². The third-order valence-electron chi connectivity index (χ3n) is 3.75. The summed E-state index contributed by atoms with van der Waals surface area (Å²) in [6.07, 6.45) is 4.45. The van der Waals surface area contributed by atoms with Crippen LogP contribution >= 0.6 is 11.6 Å². The molecule has 1 aliphatic heterocycles. The average molecular weight is 310 g/mol. The van der Waals surface area contributed by atoms with Gasteiger partial charge in [0.1, 0.15) is 0 Å². The number of nitrogens with zero attached hydrogens (tertiary/aromatic N) is 1. The summed E-state index contributed by atoms with van der Waals surface area (Å²) in [6, 6.07) is 7.65. The maximum Gasteiger partial charge on any atom is 0.321 e. The lowest BCUT2D eigenvalue weighted by molar-refractivity contribution is 0.205. The van der Waals surface area contributed by atoms with Gasteiger partial charge in [0.2, 0.25) is 0 Å². The topological polar surface area (TPSA) is 44.4 Å². The molecule has 1 heterocycles. The fourth-order valence-corrected chi connectivity index (χ4v) is 2.76. The second-order valence-corrected chi connectivity index (χ2v) is 5.97. The molecule has 1 aromatic rings. The maximum atomic E-state index is 12.5. The molecule has 0 saturated carbocycles. The lowest BCUT2D eigenvalue weighted by Crippen LogP contribution is -2.43. The first-order valence-electron chi connectivity index (χ1n) is 7.74. The van der Waals surface area contributed by atoms with Gasteiger partial charge in [0.15, 0.2) is 0 Å². The number of amides is 2. The molecule has 1 atom stereocenters. The van der Waals surface area contributed by atoms with E-state index in [9.17, 15) is 4.79 Å². The molecular formula is C16H24ClN3O. The van der Waals surface area contributed by atoms with E-state index < -0.39 is 0 Å². The average Bonchev–Trinajstić information content (AvgIpc) is 2.96. The van der Waals surface area contributed by atoms with E-state index in [4.69, 9.17) is 11.6 Å². The van der Waals surface area contributed by atoms with Crippen molar-refractivity contribution in [3.05, 3.63) is 29.3 Å². The standard InChI is InChI=1S/C16H24ClN3O/c1-2-3-10-20(12-15-8-5-9-18-15)16(21)19-14-7-4-6-13(17)11-14/h4,6-7,11,15,18H,2-3,5,8-10,12H2,1H3,(H,19,21). The number of unbranched alkanes of at least 4 members (excludes halogenated alkanes) is 1. The monoisotopic (exact) mass is 309 g/mol. The van der Waals surface area contributed by atoms with Crippen LogP contribution in [0.4, 0.5) is 10.5 Å². The van der Waals surface area contributed by atoms with E-state index in [0.29, 0.717) is 11.1 Å². The molecule has 116 valence electrons. The number of nitrogens with one attached hydrogen (secondary N) is 2. The van der Waals surface area contributed by atoms with Gasteiger partial charge >= 0.3 is 6.03 Å². The largest absolute Gasteiger partial charge is 0.323 e. The summed E-state index contributed by atoms with van der Waals surface area (Å²) in [4.78, 5) is 14.4. The first-order valence-corrected chi connectivity index (χ1v) is 8.11. The molecule has 21 heavy (non-hydrogen) atoms. The predicted octanol–water partition coefficient (Wildman–Crippen LogP) is 3.73. The van der Waals surface area contributed by atoms with Crippen LogP contribution in [0.25, 0.3) is 0 Å². The molecule has 0 aliphatic carbocycles. The third-order valence-corrected chi connectivity index (χ3v) is 3.98. The molecule has 2 rings (SSSR count). The van der Waals surface area contributed by atoms with Crippen molar-refractivity contribution >= 4 is 23.3 Å². The van der Waals surface area contributed by atoms with Crippen molar-refractivity contribution in [2.45, 2.75) is 38.6 Å². The van der Waals surface area contributed by atoms with Crippen LogP contribution in [0.1, 0.15) is 32.6 Å². The van der Waals surface area contributed by atoms with E-state index in [0.717, 1.165) is 44.6 Å². The molecule has 0 aromatic heterocycles. The Morgan fingerprint density at radius 2 is 2.38 bits per heavy atom. The molecule has 0 radical (unpaired) electrons. The minimum Gasteiger partial charge on any atom is -0.323 e. The van der Waals surface area contributed by atoms with Crippen LogP contribution in [0, 0.1) is 0 Å². The van der Waals surface area contributed by atoms with Crippen molar-refractivity contribution in [2.24, 2.45) is 0 Å². The molecule has 1 aromatic carbocycles. The van der Waals surface area contributed by atoms with E-state index in [-0.39, 0.29) is 6.03 Å². The van der Waals surface area contributed by atoms with Crippen LogP contribution in [0.5, 0.6) is 0 Å². The highest BCUT2D eigenvalue weighted by atomic mass is 35.5. The van der Waals surface area contributed by atoms with Crippen molar-refractivity contribution in [3.8, 4) is 0 Å². The molecule has 1 saturated heterocycles. The Balaban J connectivity index is 1.95. The van der Waals surface area contributed by atoms with E-state index in [2.05, 4.69) is 17.6 Å². The maximum absolute atomic E-state index is 12.5. The Hall–Kier alpha value is -1.26. The zero-order valence-electron chi connectivity index (χ0n) is 12.6.